The second-order valence-electron chi connectivity index (χ2n) is 17.6. The zero-order chi connectivity index (χ0) is 42.6. The first-order valence-electron chi connectivity index (χ1n) is 22.6. The minimum atomic E-state index is -0.408. The molecule has 0 unspecified atom stereocenters. The van der Waals surface area contributed by atoms with Crippen molar-refractivity contribution in [3.8, 4) is 39.1 Å². The lowest BCUT2D eigenvalue weighted by molar-refractivity contribution is 0.793. The third-order valence-corrected chi connectivity index (χ3v) is 14.4. The number of hydrogen-bond donors (Lipinski definition) is 0. The molecule has 302 valence electrons. The molecular weight excluding hydrogens is 785 g/mol. The van der Waals surface area contributed by atoms with Crippen molar-refractivity contribution in [2.75, 3.05) is 4.90 Å². The van der Waals surface area contributed by atoms with Gasteiger partial charge in [-0.05, 0) is 138 Å². The molecule has 2 nitrogen and oxygen atoms in total. The summed E-state index contributed by atoms with van der Waals surface area (Å²) in [5.41, 5.74) is 19.5. The van der Waals surface area contributed by atoms with Crippen LogP contribution in [-0.2, 0) is 5.41 Å². The van der Waals surface area contributed by atoms with Crippen molar-refractivity contribution in [1.29, 1.82) is 0 Å². The molecule has 0 N–H and O–H groups in total. The number of aromatic nitrogens is 1. The van der Waals surface area contributed by atoms with Crippen LogP contribution in [-0.4, -0.2) is 4.57 Å². The maximum atomic E-state index is 2.47. The van der Waals surface area contributed by atoms with E-state index in [0.717, 1.165) is 22.7 Å². The molecule has 0 atom stereocenters. The number of benzene rings is 11. The molecule has 1 heterocycles. The monoisotopic (exact) mass is 824 g/mol. The predicted octanol–water partition coefficient (Wildman–Crippen LogP) is 16.6. The summed E-state index contributed by atoms with van der Waals surface area (Å²) in [7, 11) is 0. The lowest BCUT2D eigenvalue weighted by Crippen LogP contribution is -2.26. The van der Waals surface area contributed by atoms with Gasteiger partial charge in [-0.2, -0.15) is 0 Å². The van der Waals surface area contributed by atoms with E-state index >= 15 is 0 Å². The molecular formula is C63H40N2. The maximum absolute atomic E-state index is 2.47. The van der Waals surface area contributed by atoms with Crippen LogP contribution in [0.5, 0.6) is 0 Å². The van der Waals surface area contributed by atoms with E-state index in [4.69, 9.17) is 0 Å². The fourth-order valence-corrected chi connectivity index (χ4v) is 11.7. The van der Waals surface area contributed by atoms with Gasteiger partial charge < -0.3 is 9.47 Å². The van der Waals surface area contributed by atoms with Crippen molar-refractivity contribution in [2.24, 2.45) is 0 Å². The number of para-hydroxylation sites is 1. The minimum Gasteiger partial charge on any atom is -0.310 e. The quantitative estimate of drug-likeness (QED) is 0.168. The van der Waals surface area contributed by atoms with Crippen molar-refractivity contribution >= 4 is 60.4 Å². The first-order valence-corrected chi connectivity index (χ1v) is 22.6. The Labute approximate surface area is 377 Å². The summed E-state index contributed by atoms with van der Waals surface area (Å²) in [5, 5.41) is 7.69. The molecule has 14 rings (SSSR count). The second kappa shape index (κ2) is 13.8. The highest BCUT2D eigenvalue weighted by atomic mass is 15.1. The molecule has 0 saturated carbocycles. The third kappa shape index (κ3) is 5.05. The molecule has 1 aromatic heterocycles. The van der Waals surface area contributed by atoms with Crippen molar-refractivity contribution < 1.29 is 0 Å². The summed E-state index contributed by atoms with van der Waals surface area (Å²) >= 11 is 0. The molecule has 0 aliphatic heterocycles. The van der Waals surface area contributed by atoms with Gasteiger partial charge in [-0.15, -0.1) is 0 Å². The Morgan fingerprint density at radius 1 is 0.308 bits per heavy atom. The first kappa shape index (κ1) is 36.1. The fourth-order valence-electron chi connectivity index (χ4n) is 11.7. The van der Waals surface area contributed by atoms with Gasteiger partial charge in [0.1, 0.15) is 0 Å². The van der Waals surface area contributed by atoms with E-state index in [2.05, 4.69) is 252 Å². The molecule has 0 saturated heterocycles. The highest BCUT2D eigenvalue weighted by molar-refractivity contribution is 6.28. The molecule has 65 heavy (non-hydrogen) atoms. The zero-order valence-electron chi connectivity index (χ0n) is 35.5. The van der Waals surface area contributed by atoms with Gasteiger partial charge >= 0.3 is 0 Å². The average molecular weight is 825 g/mol. The van der Waals surface area contributed by atoms with Gasteiger partial charge in [0.2, 0.25) is 0 Å². The highest BCUT2D eigenvalue weighted by Crippen LogP contribution is 2.63. The summed E-state index contributed by atoms with van der Waals surface area (Å²) in [6, 6.07) is 89.9. The van der Waals surface area contributed by atoms with Gasteiger partial charge in [-0.25, -0.2) is 0 Å². The molecule has 0 radical (unpaired) electrons. The Morgan fingerprint density at radius 3 is 1.29 bits per heavy atom. The van der Waals surface area contributed by atoms with Crippen molar-refractivity contribution in [2.45, 2.75) is 5.41 Å². The minimum absolute atomic E-state index is 0.408. The standard InChI is InChI=1S/C63H40N2/c1-2-16-45(17-3-1)64(48-36-37-54-53-22-10-13-25-57(53)63(58(54)40-48)55-23-11-8-20-51(55)52-21-9-12-24-56(52)63)46-32-26-41(27-33-46)42-28-34-47(35-29-42)65-59-38-30-43-14-4-6-18-49(43)61(59)62-50-19-7-5-15-44(50)31-39-60(62)65/h1-40H. The van der Waals surface area contributed by atoms with Crippen molar-refractivity contribution in [3.63, 3.8) is 0 Å². The molecule has 0 fully saturated rings. The van der Waals surface area contributed by atoms with Crippen LogP contribution in [0, 0.1) is 0 Å². The summed E-state index contributed by atoms with van der Waals surface area (Å²) in [6.45, 7) is 0. The van der Waals surface area contributed by atoms with Crippen LogP contribution in [0.2, 0.25) is 0 Å². The van der Waals surface area contributed by atoms with E-state index in [1.807, 2.05) is 0 Å². The molecule has 2 aliphatic carbocycles. The largest absolute Gasteiger partial charge is 0.310 e. The predicted molar refractivity (Wildman–Crippen MR) is 272 cm³/mol. The summed E-state index contributed by atoms with van der Waals surface area (Å²) in [5.74, 6) is 0. The number of fused-ring (bicyclic) bond motifs is 17. The first-order chi connectivity index (χ1) is 32.3. The van der Waals surface area contributed by atoms with Crippen molar-refractivity contribution in [3.05, 3.63) is 265 Å². The average Bonchev–Trinajstić information content (AvgIpc) is 3.99. The van der Waals surface area contributed by atoms with Gasteiger partial charge in [0.05, 0.1) is 16.4 Å². The Kier molecular flexibility index (Phi) is 7.64. The molecule has 0 amide bonds. The zero-order valence-corrected chi connectivity index (χ0v) is 35.5. The summed E-state index contributed by atoms with van der Waals surface area (Å²) < 4.78 is 2.44. The van der Waals surface area contributed by atoms with E-state index in [1.54, 1.807) is 0 Å². The summed E-state index contributed by atoms with van der Waals surface area (Å²) in [4.78, 5) is 2.41. The number of nitrogens with zero attached hydrogens (tertiary/aromatic N) is 2. The SMILES string of the molecule is c1ccc(N(c2ccc(-c3ccc(-n4c5ccc6ccccc6c5c5c6ccccc6ccc54)cc3)cc2)c2ccc3c(c2)C2(c4ccccc4-c4ccccc42)c2ccccc2-3)cc1. The number of rotatable bonds is 5. The molecule has 12 aromatic rings. The molecule has 2 heteroatoms. The number of hydrogen-bond acceptors (Lipinski definition) is 1. The number of anilines is 3. The van der Waals surface area contributed by atoms with E-state index < -0.39 is 5.41 Å². The van der Waals surface area contributed by atoms with Crippen LogP contribution in [0.4, 0.5) is 17.1 Å². The van der Waals surface area contributed by atoms with Gasteiger partial charge in [0, 0.05) is 33.5 Å². The van der Waals surface area contributed by atoms with E-state index in [-0.39, 0.29) is 0 Å². The van der Waals surface area contributed by atoms with E-state index in [9.17, 15) is 0 Å². The Bertz CT molecular complexity index is 3720. The smallest absolute Gasteiger partial charge is 0.0726 e. The van der Waals surface area contributed by atoms with Crippen LogP contribution in [0.3, 0.4) is 0 Å². The topological polar surface area (TPSA) is 8.17 Å². The van der Waals surface area contributed by atoms with E-state index in [1.165, 1.54) is 99.0 Å². The fraction of sp³-hybridized carbons (Fsp3) is 0.0159. The molecule has 2 aliphatic rings. The molecule has 1 spiro atoms. The molecule has 11 aromatic carbocycles. The van der Waals surface area contributed by atoms with Crippen LogP contribution in [0.1, 0.15) is 22.3 Å². The second-order valence-corrected chi connectivity index (χ2v) is 17.6. The van der Waals surface area contributed by atoms with Gasteiger partial charge in [0.25, 0.3) is 0 Å². The molecule has 0 bridgehead atoms. The normalized spacial score (nSPS) is 13.0. The van der Waals surface area contributed by atoms with Gasteiger partial charge in [-0.3, -0.25) is 0 Å². The Balaban J connectivity index is 0.875. The highest BCUT2D eigenvalue weighted by Gasteiger charge is 2.51. The van der Waals surface area contributed by atoms with Crippen LogP contribution >= 0.6 is 0 Å². The Hall–Kier alpha value is -8.46. The van der Waals surface area contributed by atoms with Crippen molar-refractivity contribution in [1.82, 2.24) is 4.57 Å². The summed E-state index contributed by atoms with van der Waals surface area (Å²) in [6.07, 6.45) is 0. The lowest BCUT2D eigenvalue weighted by atomic mass is 9.70. The Morgan fingerprint density at radius 2 is 0.738 bits per heavy atom. The van der Waals surface area contributed by atoms with Gasteiger partial charge in [0.15, 0.2) is 0 Å². The van der Waals surface area contributed by atoms with Crippen LogP contribution < -0.4 is 4.90 Å². The third-order valence-electron chi connectivity index (χ3n) is 14.4. The lowest BCUT2D eigenvalue weighted by Gasteiger charge is -2.32. The van der Waals surface area contributed by atoms with Gasteiger partial charge in [-0.1, -0.05) is 182 Å². The van der Waals surface area contributed by atoms with Crippen LogP contribution in [0.25, 0.3) is 82.4 Å². The van der Waals surface area contributed by atoms with E-state index in [0.29, 0.717) is 0 Å². The maximum Gasteiger partial charge on any atom is 0.0726 e. The van der Waals surface area contributed by atoms with Crippen LogP contribution in [0.15, 0.2) is 243 Å².